The molecule has 0 radical (unpaired) electrons. The predicted molar refractivity (Wildman–Crippen MR) is 192 cm³/mol. The van der Waals surface area contributed by atoms with Gasteiger partial charge in [0.05, 0.1) is 27.9 Å². The third kappa shape index (κ3) is 4.49. The number of hydrogen-bond acceptors (Lipinski definition) is 3. The number of fused-ring (bicyclic) bond motifs is 6. The van der Waals surface area contributed by atoms with Gasteiger partial charge in [0, 0.05) is 33.5 Å². The van der Waals surface area contributed by atoms with E-state index in [1.165, 1.54) is 21.7 Å². The van der Waals surface area contributed by atoms with E-state index in [9.17, 15) is 0 Å². The first-order chi connectivity index (χ1) is 22.8. The highest BCUT2D eigenvalue weighted by molar-refractivity contribution is 6.14. The lowest BCUT2D eigenvalue weighted by atomic mass is 9.92. The molecule has 9 aromatic rings. The maximum absolute atomic E-state index is 5.13. The predicted octanol–water partition coefficient (Wildman–Crippen LogP) is 11.2. The summed E-state index contributed by atoms with van der Waals surface area (Å²) >= 11 is 0. The fourth-order valence-electron chi connectivity index (χ4n) is 6.58. The summed E-state index contributed by atoms with van der Waals surface area (Å²) in [4.78, 5) is 14.8. The summed E-state index contributed by atoms with van der Waals surface area (Å²) in [6.45, 7) is 0. The van der Waals surface area contributed by atoms with Crippen molar-refractivity contribution in [3.63, 3.8) is 0 Å². The summed E-state index contributed by atoms with van der Waals surface area (Å²) in [7, 11) is 0. The quantitative estimate of drug-likeness (QED) is 0.193. The average Bonchev–Trinajstić information content (AvgIpc) is 3.14. The number of nitrogens with zero attached hydrogens (tertiary/aromatic N) is 3. The van der Waals surface area contributed by atoms with Crippen LogP contribution < -0.4 is 0 Å². The molecule has 9 rings (SSSR count). The Bertz CT molecular complexity index is 2570. The molecule has 0 amide bonds. The van der Waals surface area contributed by atoms with E-state index < -0.39 is 0 Å². The van der Waals surface area contributed by atoms with Crippen molar-refractivity contribution >= 4 is 43.5 Å². The molecule has 3 heterocycles. The molecule has 3 nitrogen and oxygen atoms in total. The minimum Gasteiger partial charge on any atom is -0.254 e. The summed E-state index contributed by atoms with van der Waals surface area (Å²) in [5, 5.41) is 5.79. The zero-order valence-corrected chi connectivity index (χ0v) is 24.9. The molecule has 0 atom stereocenters. The highest BCUT2D eigenvalue weighted by Gasteiger charge is 2.14. The standard InChI is InChI=1S/C43H27N3/c1-2-9-30(10-3-1)40-27-37(41-36-14-5-4-8-29(36)21-24-39(41)45-40)35-12-6-11-34(26-35)28-15-17-31(18-16-28)38-23-22-33-20-19-32-13-7-25-44-42(32)43(33)46-38/h1-27H. The highest BCUT2D eigenvalue weighted by Crippen LogP contribution is 2.38. The molecule has 46 heavy (non-hydrogen) atoms. The molecule has 0 aliphatic rings. The van der Waals surface area contributed by atoms with Gasteiger partial charge in [0.25, 0.3) is 0 Å². The number of hydrogen-bond donors (Lipinski definition) is 0. The van der Waals surface area contributed by atoms with E-state index in [1.807, 2.05) is 18.3 Å². The third-order valence-corrected chi connectivity index (χ3v) is 8.89. The second-order valence-electron chi connectivity index (χ2n) is 11.7. The molecule has 0 saturated heterocycles. The molecule has 0 unspecified atom stereocenters. The monoisotopic (exact) mass is 585 g/mol. The van der Waals surface area contributed by atoms with Crippen LogP contribution in [-0.2, 0) is 0 Å². The number of rotatable bonds is 4. The Hall–Kier alpha value is -6.19. The van der Waals surface area contributed by atoms with E-state index in [4.69, 9.17) is 9.97 Å². The minimum atomic E-state index is 0.930. The van der Waals surface area contributed by atoms with E-state index in [-0.39, 0.29) is 0 Å². The summed E-state index contributed by atoms with van der Waals surface area (Å²) in [5.41, 5.74) is 11.6. The zero-order valence-electron chi connectivity index (χ0n) is 24.9. The third-order valence-electron chi connectivity index (χ3n) is 8.89. The largest absolute Gasteiger partial charge is 0.254 e. The van der Waals surface area contributed by atoms with Crippen LogP contribution in [0.25, 0.3) is 88.2 Å². The lowest BCUT2D eigenvalue weighted by Crippen LogP contribution is -1.92. The first-order valence-corrected chi connectivity index (χ1v) is 15.5. The fourth-order valence-corrected chi connectivity index (χ4v) is 6.58. The van der Waals surface area contributed by atoms with Gasteiger partial charge in [-0.2, -0.15) is 0 Å². The van der Waals surface area contributed by atoms with Crippen molar-refractivity contribution in [1.29, 1.82) is 0 Å². The first-order valence-electron chi connectivity index (χ1n) is 15.5. The van der Waals surface area contributed by atoms with Crippen LogP contribution in [0.3, 0.4) is 0 Å². The van der Waals surface area contributed by atoms with Crippen LogP contribution in [0.2, 0.25) is 0 Å². The average molecular weight is 586 g/mol. The molecule has 3 heteroatoms. The Labute approximate surface area is 266 Å². The highest BCUT2D eigenvalue weighted by atomic mass is 14.8. The summed E-state index contributed by atoms with van der Waals surface area (Å²) in [6, 6.07) is 55.6. The normalized spacial score (nSPS) is 11.5. The van der Waals surface area contributed by atoms with Crippen molar-refractivity contribution in [3.05, 3.63) is 164 Å². The molecule has 0 saturated carbocycles. The molecule has 0 spiro atoms. The number of aromatic nitrogens is 3. The van der Waals surface area contributed by atoms with Gasteiger partial charge in [-0.15, -0.1) is 0 Å². The second kappa shape index (κ2) is 10.8. The van der Waals surface area contributed by atoms with E-state index in [0.29, 0.717) is 0 Å². The molecule has 0 bridgehead atoms. The molecule has 0 N–H and O–H groups in total. The van der Waals surface area contributed by atoms with Gasteiger partial charge in [-0.3, -0.25) is 4.98 Å². The van der Waals surface area contributed by atoms with Gasteiger partial charge in [-0.05, 0) is 63.4 Å². The Morgan fingerprint density at radius 1 is 0.370 bits per heavy atom. The molecule has 6 aromatic carbocycles. The molecule has 0 aliphatic carbocycles. The van der Waals surface area contributed by atoms with Crippen LogP contribution in [0.4, 0.5) is 0 Å². The van der Waals surface area contributed by atoms with Crippen LogP contribution in [0.5, 0.6) is 0 Å². The maximum Gasteiger partial charge on any atom is 0.0972 e. The van der Waals surface area contributed by atoms with Gasteiger partial charge in [0.1, 0.15) is 0 Å². The van der Waals surface area contributed by atoms with Crippen molar-refractivity contribution in [2.24, 2.45) is 0 Å². The van der Waals surface area contributed by atoms with Crippen molar-refractivity contribution in [1.82, 2.24) is 15.0 Å². The first kappa shape index (κ1) is 26.2. The van der Waals surface area contributed by atoms with Crippen molar-refractivity contribution in [3.8, 4) is 44.8 Å². The van der Waals surface area contributed by atoms with E-state index in [1.54, 1.807) is 0 Å². The Kier molecular flexibility index (Phi) is 6.14. The van der Waals surface area contributed by atoms with Gasteiger partial charge in [-0.1, -0.05) is 127 Å². The van der Waals surface area contributed by atoms with Crippen LogP contribution in [0.1, 0.15) is 0 Å². The SMILES string of the molecule is c1ccc(-c2cc(-c3cccc(-c4ccc(-c5ccc6ccc7cccnc7c6n5)cc4)c3)c3c(ccc4ccccc43)n2)cc1. The number of benzene rings is 6. The van der Waals surface area contributed by atoms with Gasteiger partial charge in [0.15, 0.2) is 0 Å². The van der Waals surface area contributed by atoms with Gasteiger partial charge in [-0.25, -0.2) is 9.97 Å². The molecule has 214 valence electrons. The lowest BCUT2D eigenvalue weighted by molar-refractivity contribution is 1.37. The fraction of sp³-hybridized carbons (Fsp3) is 0. The molecule has 0 fully saturated rings. The molecule has 3 aromatic heterocycles. The minimum absolute atomic E-state index is 0.930. The second-order valence-corrected chi connectivity index (χ2v) is 11.7. The van der Waals surface area contributed by atoms with Crippen molar-refractivity contribution < 1.29 is 0 Å². The van der Waals surface area contributed by atoms with Crippen LogP contribution >= 0.6 is 0 Å². The molecule has 0 aliphatic heterocycles. The smallest absolute Gasteiger partial charge is 0.0972 e. The van der Waals surface area contributed by atoms with Crippen LogP contribution in [0, 0.1) is 0 Å². The number of pyridine rings is 3. The summed E-state index contributed by atoms with van der Waals surface area (Å²) < 4.78 is 0. The van der Waals surface area contributed by atoms with Gasteiger partial charge < -0.3 is 0 Å². The van der Waals surface area contributed by atoms with E-state index in [2.05, 4.69) is 151 Å². The Morgan fingerprint density at radius 2 is 1.04 bits per heavy atom. The Balaban J connectivity index is 1.14. The van der Waals surface area contributed by atoms with Crippen LogP contribution in [0.15, 0.2) is 164 Å². The van der Waals surface area contributed by atoms with E-state index >= 15 is 0 Å². The van der Waals surface area contributed by atoms with Gasteiger partial charge >= 0.3 is 0 Å². The van der Waals surface area contributed by atoms with Crippen LogP contribution in [-0.4, -0.2) is 15.0 Å². The summed E-state index contributed by atoms with van der Waals surface area (Å²) in [5.74, 6) is 0. The zero-order chi connectivity index (χ0) is 30.5. The Morgan fingerprint density at radius 3 is 1.93 bits per heavy atom. The lowest BCUT2D eigenvalue weighted by Gasteiger charge is -2.14. The summed E-state index contributed by atoms with van der Waals surface area (Å²) in [6.07, 6.45) is 1.83. The molecular formula is C43H27N3. The van der Waals surface area contributed by atoms with Crippen molar-refractivity contribution in [2.75, 3.05) is 0 Å². The topological polar surface area (TPSA) is 38.7 Å². The van der Waals surface area contributed by atoms with Gasteiger partial charge in [0.2, 0.25) is 0 Å². The van der Waals surface area contributed by atoms with E-state index in [0.717, 1.165) is 66.5 Å². The molecular weight excluding hydrogens is 558 g/mol. The maximum atomic E-state index is 5.13. The van der Waals surface area contributed by atoms with Crippen molar-refractivity contribution in [2.45, 2.75) is 0 Å².